The number of rotatable bonds is 3. The Hall–Kier alpha value is -2.86. The first-order valence-electron chi connectivity index (χ1n) is 7.42. The third kappa shape index (κ3) is 2.51. The first-order chi connectivity index (χ1) is 11.8. The van der Waals surface area contributed by atoms with E-state index in [1.54, 1.807) is 11.8 Å². The number of fused-ring (bicyclic) bond motifs is 1. The number of hydrogen-bond acceptors (Lipinski definition) is 5. The summed E-state index contributed by atoms with van der Waals surface area (Å²) >= 11 is 5.99. The standard InChI is InChI=1S/C17H14ClN5O/c1-24-16-5-3-2-4-13(16)15-10-14(11-6-8-12(18)9-7-11)19-17-20-21-22-23(15)17/h2-10,15H,1H3,(H,19,20,22)/t15-/m0/s1. The molecule has 0 fully saturated rings. The van der Waals surface area contributed by atoms with Gasteiger partial charge in [0.05, 0.1) is 7.11 Å². The second kappa shape index (κ2) is 5.98. The lowest BCUT2D eigenvalue weighted by Gasteiger charge is -2.24. The van der Waals surface area contributed by atoms with Crippen molar-refractivity contribution in [2.75, 3.05) is 12.4 Å². The fourth-order valence-electron chi connectivity index (χ4n) is 2.78. The van der Waals surface area contributed by atoms with Crippen molar-refractivity contribution >= 4 is 23.2 Å². The highest BCUT2D eigenvalue weighted by Crippen LogP contribution is 2.35. The maximum absolute atomic E-state index is 5.99. The molecule has 120 valence electrons. The largest absolute Gasteiger partial charge is 0.496 e. The van der Waals surface area contributed by atoms with Gasteiger partial charge in [0, 0.05) is 16.3 Å². The van der Waals surface area contributed by atoms with Crippen LogP contribution in [0.2, 0.25) is 5.02 Å². The van der Waals surface area contributed by atoms with E-state index >= 15 is 0 Å². The van der Waals surface area contributed by atoms with Crippen LogP contribution in [0, 0.1) is 0 Å². The molecule has 1 aromatic heterocycles. The van der Waals surface area contributed by atoms with Crippen LogP contribution < -0.4 is 10.1 Å². The number of anilines is 1. The molecule has 1 aliphatic heterocycles. The minimum Gasteiger partial charge on any atom is -0.496 e. The molecule has 3 aromatic rings. The fraction of sp³-hybridized carbons (Fsp3) is 0.118. The van der Waals surface area contributed by atoms with E-state index in [-0.39, 0.29) is 6.04 Å². The Morgan fingerprint density at radius 3 is 2.71 bits per heavy atom. The van der Waals surface area contributed by atoms with Gasteiger partial charge < -0.3 is 10.1 Å². The Morgan fingerprint density at radius 1 is 1.12 bits per heavy atom. The summed E-state index contributed by atoms with van der Waals surface area (Å²) in [5, 5.41) is 15.9. The van der Waals surface area contributed by atoms with Gasteiger partial charge in [-0.2, -0.15) is 4.68 Å². The smallest absolute Gasteiger partial charge is 0.248 e. The van der Waals surface area contributed by atoms with Crippen LogP contribution in [0.25, 0.3) is 5.70 Å². The Kier molecular flexibility index (Phi) is 3.66. The van der Waals surface area contributed by atoms with Crippen LogP contribution in [-0.2, 0) is 0 Å². The van der Waals surface area contributed by atoms with Crippen molar-refractivity contribution in [3.8, 4) is 5.75 Å². The number of methoxy groups -OCH3 is 1. The number of aromatic nitrogens is 4. The highest BCUT2D eigenvalue weighted by molar-refractivity contribution is 6.30. The van der Waals surface area contributed by atoms with Crippen molar-refractivity contribution in [1.82, 2.24) is 20.2 Å². The lowest BCUT2D eigenvalue weighted by atomic mass is 10.0. The lowest BCUT2D eigenvalue weighted by molar-refractivity contribution is 0.403. The predicted octanol–water partition coefficient (Wildman–Crippen LogP) is 3.39. The topological polar surface area (TPSA) is 64.9 Å². The van der Waals surface area contributed by atoms with E-state index in [9.17, 15) is 0 Å². The molecule has 2 heterocycles. The molecule has 0 unspecified atom stereocenters. The molecule has 0 saturated heterocycles. The van der Waals surface area contributed by atoms with E-state index in [2.05, 4.69) is 26.9 Å². The summed E-state index contributed by atoms with van der Waals surface area (Å²) in [5.74, 6) is 1.37. The average molecular weight is 340 g/mol. The van der Waals surface area contributed by atoms with Gasteiger partial charge in [0.25, 0.3) is 0 Å². The zero-order valence-corrected chi connectivity index (χ0v) is 13.6. The van der Waals surface area contributed by atoms with E-state index in [4.69, 9.17) is 16.3 Å². The van der Waals surface area contributed by atoms with Gasteiger partial charge in [0.1, 0.15) is 11.8 Å². The minimum absolute atomic E-state index is 0.168. The van der Waals surface area contributed by atoms with Crippen molar-refractivity contribution in [3.63, 3.8) is 0 Å². The number of nitrogens with one attached hydrogen (secondary N) is 1. The molecule has 24 heavy (non-hydrogen) atoms. The molecule has 0 bridgehead atoms. The lowest BCUT2D eigenvalue weighted by Crippen LogP contribution is -2.20. The Bertz CT molecular complexity index is 903. The third-order valence-corrected chi connectivity index (χ3v) is 4.19. The van der Waals surface area contributed by atoms with Crippen LogP contribution in [0.4, 0.5) is 5.95 Å². The van der Waals surface area contributed by atoms with Crippen LogP contribution in [0.5, 0.6) is 5.75 Å². The normalized spacial score (nSPS) is 16.1. The molecule has 1 atom stereocenters. The number of nitrogens with zero attached hydrogens (tertiary/aromatic N) is 4. The van der Waals surface area contributed by atoms with Crippen LogP contribution in [0.1, 0.15) is 17.2 Å². The first-order valence-corrected chi connectivity index (χ1v) is 7.79. The van der Waals surface area contributed by atoms with Crippen molar-refractivity contribution in [2.24, 2.45) is 0 Å². The molecule has 0 aliphatic carbocycles. The number of allylic oxidation sites excluding steroid dienone is 1. The molecular weight excluding hydrogens is 326 g/mol. The van der Waals surface area contributed by atoms with Crippen molar-refractivity contribution in [1.29, 1.82) is 0 Å². The first kappa shape index (κ1) is 14.7. The second-order valence-corrected chi connectivity index (χ2v) is 5.78. The molecule has 7 heteroatoms. The molecule has 1 aliphatic rings. The van der Waals surface area contributed by atoms with E-state index < -0.39 is 0 Å². The Labute approximate surface area is 143 Å². The van der Waals surface area contributed by atoms with E-state index in [0.29, 0.717) is 11.0 Å². The highest BCUT2D eigenvalue weighted by Gasteiger charge is 2.26. The summed E-state index contributed by atoms with van der Waals surface area (Å²) in [5.41, 5.74) is 2.92. The summed E-state index contributed by atoms with van der Waals surface area (Å²) in [6.45, 7) is 0. The Balaban J connectivity index is 1.83. The summed E-state index contributed by atoms with van der Waals surface area (Å²) in [4.78, 5) is 0. The van der Waals surface area contributed by atoms with Gasteiger partial charge >= 0.3 is 0 Å². The number of hydrogen-bond donors (Lipinski definition) is 1. The molecule has 0 spiro atoms. The fourth-order valence-corrected chi connectivity index (χ4v) is 2.91. The zero-order chi connectivity index (χ0) is 16.5. The van der Waals surface area contributed by atoms with E-state index in [1.807, 2.05) is 48.5 Å². The highest BCUT2D eigenvalue weighted by atomic mass is 35.5. The van der Waals surface area contributed by atoms with Crippen LogP contribution in [0.15, 0.2) is 54.6 Å². The number of halogens is 1. The summed E-state index contributed by atoms with van der Waals surface area (Å²) in [6.07, 6.45) is 2.07. The minimum atomic E-state index is -0.168. The third-order valence-electron chi connectivity index (χ3n) is 3.94. The van der Waals surface area contributed by atoms with Crippen LogP contribution in [-0.4, -0.2) is 27.3 Å². The van der Waals surface area contributed by atoms with Gasteiger partial charge in [-0.05, 0) is 40.3 Å². The van der Waals surface area contributed by atoms with Crippen molar-refractivity contribution < 1.29 is 4.74 Å². The molecule has 2 aromatic carbocycles. The number of benzene rings is 2. The average Bonchev–Trinajstić information content (AvgIpc) is 3.10. The quantitative estimate of drug-likeness (QED) is 0.792. The van der Waals surface area contributed by atoms with E-state index in [0.717, 1.165) is 22.6 Å². The van der Waals surface area contributed by atoms with Gasteiger partial charge in [-0.15, -0.1) is 0 Å². The number of para-hydroxylation sites is 1. The summed E-state index contributed by atoms with van der Waals surface area (Å²) in [7, 11) is 1.66. The number of ether oxygens (including phenoxy) is 1. The van der Waals surface area contributed by atoms with E-state index in [1.165, 1.54) is 0 Å². The molecule has 0 saturated carbocycles. The van der Waals surface area contributed by atoms with Gasteiger partial charge in [0.15, 0.2) is 0 Å². The van der Waals surface area contributed by atoms with Crippen LogP contribution in [0.3, 0.4) is 0 Å². The van der Waals surface area contributed by atoms with Crippen molar-refractivity contribution in [2.45, 2.75) is 6.04 Å². The van der Waals surface area contributed by atoms with Gasteiger partial charge in [-0.1, -0.05) is 47.0 Å². The second-order valence-electron chi connectivity index (χ2n) is 5.35. The SMILES string of the molecule is COc1ccccc1[C@@H]1C=C(c2ccc(Cl)cc2)Nc2nnnn21. The van der Waals surface area contributed by atoms with Gasteiger partial charge in [-0.25, -0.2) is 0 Å². The summed E-state index contributed by atoms with van der Waals surface area (Å²) in [6, 6.07) is 15.3. The molecule has 0 amide bonds. The molecule has 6 nitrogen and oxygen atoms in total. The van der Waals surface area contributed by atoms with Gasteiger partial charge in [0.2, 0.25) is 5.95 Å². The number of tetrazole rings is 1. The Morgan fingerprint density at radius 2 is 1.92 bits per heavy atom. The summed E-state index contributed by atoms with van der Waals surface area (Å²) < 4.78 is 7.23. The maximum Gasteiger partial charge on any atom is 0.248 e. The van der Waals surface area contributed by atoms with Gasteiger partial charge in [-0.3, -0.25) is 0 Å². The zero-order valence-electron chi connectivity index (χ0n) is 12.8. The van der Waals surface area contributed by atoms with Crippen LogP contribution >= 0.6 is 11.6 Å². The monoisotopic (exact) mass is 339 g/mol. The van der Waals surface area contributed by atoms with Crippen molar-refractivity contribution in [3.05, 3.63) is 70.8 Å². The predicted molar refractivity (Wildman–Crippen MR) is 92.0 cm³/mol. The molecular formula is C17H14ClN5O. The molecule has 1 N–H and O–H groups in total. The maximum atomic E-state index is 5.99. The molecule has 4 rings (SSSR count). The molecule has 0 radical (unpaired) electrons.